The van der Waals surface area contributed by atoms with Crippen LogP contribution in [-0.2, 0) is 80.4 Å². The molecule has 2 saturated carbocycles. The van der Waals surface area contributed by atoms with Crippen LogP contribution in [0.25, 0.3) is 165 Å². The van der Waals surface area contributed by atoms with E-state index in [1.165, 1.54) is 186 Å². The molecule has 0 unspecified atom stereocenters. The number of hydrogen-bond donors (Lipinski definition) is 0. The zero-order valence-electron chi connectivity index (χ0n) is 70.0. The van der Waals surface area contributed by atoms with Crippen LogP contribution in [0.1, 0.15) is 158 Å². The van der Waals surface area contributed by atoms with Gasteiger partial charge in [-0.25, -0.2) is 0 Å². The van der Waals surface area contributed by atoms with Crippen molar-refractivity contribution >= 4 is 120 Å². The molecule has 2 aliphatic rings. The van der Waals surface area contributed by atoms with E-state index in [0.29, 0.717) is 29.6 Å². The van der Waals surface area contributed by atoms with Crippen molar-refractivity contribution in [1.82, 2.24) is 37.5 Å². The van der Waals surface area contributed by atoms with Crippen LogP contribution >= 0.6 is 0 Å². The van der Waals surface area contributed by atoms with Gasteiger partial charge >= 0.3 is 0 Å². The van der Waals surface area contributed by atoms with Crippen molar-refractivity contribution < 1.29 is 80.4 Å². The molecule has 608 valence electrons. The third-order valence-corrected chi connectivity index (χ3v) is 25.0. The van der Waals surface area contributed by atoms with Crippen LogP contribution in [-0.4, -0.2) is 37.5 Å². The first-order valence-electron chi connectivity index (χ1n) is 41.7. The van der Waals surface area contributed by atoms with Crippen LogP contribution in [0.4, 0.5) is 0 Å². The van der Waals surface area contributed by atoms with Crippen molar-refractivity contribution in [2.45, 2.75) is 138 Å². The second kappa shape index (κ2) is 34.1. The molecule has 8 nitrogen and oxygen atoms in total. The molecule has 0 aliphatic heterocycles. The number of aryl methyl sites for hydroxylation is 6. The number of para-hydroxylation sites is 1. The summed E-state index contributed by atoms with van der Waals surface area (Å²) >= 11 is 0. The molecule has 2 fully saturated rings. The number of nitrogens with zero attached hydrogens (tertiary/aromatic N) is 8. The fraction of sp³-hybridized carbons (Fsp3) is 0.193. The summed E-state index contributed by atoms with van der Waals surface area (Å²) in [4.78, 5) is 19.6. The summed E-state index contributed by atoms with van der Waals surface area (Å²) in [5, 5.41) is 14.3. The average Bonchev–Trinajstić information content (AvgIpc) is 1.58. The zero-order chi connectivity index (χ0) is 79.8. The largest absolute Gasteiger partial charge is 0.340 e. The topological polar surface area (TPSA) is 69.2 Å². The van der Waals surface area contributed by atoms with Crippen molar-refractivity contribution in [2.75, 3.05) is 0 Å². The third-order valence-electron chi connectivity index (χ3n) is 25.0. The van der Waals surface area contributed by atoms with Gasteiger partial charge in [0.2, 0.25) is 0 Å². The van der Waals surface area contributed by atoms with E-state index in [1.807, 2.05) is 42.7 Å². The Balaban J connectivity index is 0.000000123. The van der Waals surface area contributed by atoms with Crippen LogP contribution in [0.3, 0.4) is 0 Å². The number of aromatic nitrogens is 8. The van der Waals surface area contributed by atoms with E-state index in [1.54, 1.807) is 11.1 Å². The van der Waals surface area contributed by atoms with Crippen LogP contribution in [0.2, 0.25) is 0 Å². The molecule has 21 aromatic rings. The number of imidazole rings is 4. The van der Waals surface area contributed by atoms with Gasteiger partial charge in [0.15, 0.2) is 0 Å². The molecule has 0 saturated heterocycles. The Morgan fingerprint density at radius 3 is 1.36 bits per heavy atom. The number of hydrogen-bond acceptors (Lipinski definition) is 4. The Kier molecular flexibility index (Phi) is 23.7. The second-order valence-corrected chi connectivity index (χ2v) is 33.8. The Bertz CT molecular complexity index is 7500. The van der Waals surface area contributed by atoms with Gasteiger partial charge < -0.3 is 17.6 Å². The monoisotopic (exact) mass is 2280 g/mol. The van der Waals surface area contributed by atoms with Gasteiger partial charge in [0.25, 0.3) is 0 Å². The van der Waals surface area contributed by atoms with Crippen molar-refractivity contribution in [2.24, 2.45) is 0 Å². The zero-order valence-corrected chi connectivity index (χ0v) is 79.5. The molecule has 0 bridgehead atoms. The first-order valence-corrected chi connectivity index (χ1v) is 41.7. The minimum Gasteiger partial charge on any atom is -0.340 e. The molecular weight excluding hydrogens is 2190 g/mol. The van der Waals surface area contributed by atoms with Gasteiger partial charge in [-0.3, -0.25) is 19.9 Å². The molecule has 23 rings (SSSR count). The number of pyridine rings is 4. The summed E-state index contributed by atoms with van der Waals surface area (Å²) in [5.41, 5.74) is 35.9. The first kappa shape index (κ1) is 84.2. The van der Waals surface area contributed by atoms with E-state index < -0.39 is 0 Å². The number of benzene rings is 13. The maximum atomic E-state index is 5.08. The summed E-state index contributed by atoms with van der Waals surface area (Å²) in [7, 11) is 0. The molecule has 12 heteroatoms. The quantitative estimate of drug-likeness (QED) is 0.107. The summed E-state index contributed by atoms with van der Waals surface area (Å²) in [5.74, 6) is 2.83. The van der Waals surface area contributed by atoms with Crippen LogP contribution in [0, 0.1) is 65.8 Å². The van der Waals surface area contributed by atoms with Crippen LogP contribution in [0.15, 0.2) is 261 Å². The summed E-state index contributed by atoms with van der Waals surface area (Å²) in [6, 6.07) is 99.1. The Hall–Kier alpha value is -10.4. The second-order valence-electron chi connectivity index (χ2n) is 33.8. The predicted octanol–water partition coefficient (Wildman–Crippen LogP) is 28.6. The summed E-state index contributed by atoms with van der Waals surface area (Å²) < 4.78 is 9.25. The fourth-order valence-corrected chi connectivity index (χ4v) is 18.2. The molecule has 0 atom stereocenters. The summed E-state index contributed by atoms with van der Waals surface area (Å²) in [6.07, 6.45) is 13.3. The summed E-state index contributed by atoms with van der Waals surface area (Å²) in [6.45, 7) is 26.8. The third kappa shape index (κ3) is 14.9. The smallest absolute Gasteiger partial charge is 0.0774 e. The van der Waals surface area contributed by atoms with E-state index >= 15 is 0 Å². The molecule has 121 heavy (non-hydrogen) atoms. The molecule has 2 aliphatic carbocycles. The maximum absolute atomic E-state index is 5.08. The first-order chi connectivity index (χ1) is 57.0. The van der Waals surface area contributed by atoms with Crippen molar-refractivity contribution in [3.8, 4) is 44.8 Å². The van der Waals surface area contributed by atoms with Gasteiger partial charge in [0, 0.05) is 138 Å². The van der Waals surface area contributed by atoms with Crippen molar-refractivity contribution in [3.05, 3.63) is 347 Å². The Morgan fingerprint density at radius 1 is 0.339 bits per heavy atom. The molecule has 0 N–H and O–H groups in total. The van der Waals surface area contributed by atoms with Gasteiger partial charge in [0.1, 0.15) is 0 Å². The van der Waals surface area contributed by atoms with E-state index in [0.717, 1.165) is 55.3 Å². The van der Waals surface area contributed by atoms with E-state index in [2.05, 4.69) is 349 Å². The van der Waals surface area contributed by atoms with Crippen molar-refractivity contribution in [1.29, 1.82) is 0 Å². The Morgan fingerprint density at radius 2 is 0.818 bits per heavy atom. The number of fused-ring (bicyclic) bond motifs is 26. The normalized spacial score (nSPS) is 12.7. The van der Waals surface area contributed by atoms with Gasteiger partial charge in [-0.15, -0.1) is 113 Å². The van der Waals surface area contributed by atoms with Gasteiger partial charge in [-0.2, -0.15) is 0 Å². The van der Waals surface area contributed by atoms with E-state index in [4.69, 9.17) is 15.0 Å². The molecule has 0 amide bonds. The van der Waals surface area contributed by atoms with Gasteiger partial charge in [0.05, 0.1) is 45.0 Å². The average molecular weight is 2280 g/mol. The van der Waals surface area contributed by atoms with Crippen LogP contribution in [0.5, 0.6) is 0 Å². The van der Waals surface area contributed by atoms with Gasteiger partial charge in [-0.05, 0) is 226 Å². The Labute approximate surface area is 761 Å². The van der Waals surface area contributed by atoms with Crippen LogP contribution < -0.4 is 0 Å². The molecule has 8 aromatic heterocycles. The van der Waals surface area contributed by atoms with Crippen molar-refractivity contribution in [3.63, 3.8) is 0 Å². The minimum absolute atomic E-state index is 0. The fourth-order valence-electron chi connectivity index (χ4n) is 18.2. The number of rotatable bonds is 9. The minimum atomic E-state index is 0. The van der Waals surface area contributed by atoms with E-state index in [-0.39, 0.29) is 80.4 Å². The standard InChI is InChI=1S/C38H31N2.C32H31N2.C23H19N2.C16H11N2.4Ir/c1-24(2)29-21-32(27-13-7-5-8-14-27)37(33(22-29)28-15-9-6-10-16-28)36-23-39-38-31-18-12-11-17-30(31)34-19-25(3)26(4)20-35(34)40(36)38;1-18(2)23-15-26(21-9-10-21)31(27(16-23)22-11-12-22)30-17-33-32-25-8-6-5-7-24(25)28-13-19(3)20(4)14-29(28)34(30)32;1-14(2)16-11-12-19-21(13-16)25-20-10-5-4-8-17(20)22-15(3)7-6-9-18(22)23(25)24-19;1-11-6-7-13-12-4-2-3-5-14(12)16-17-8-9-18(16)15(13)10-11;;;;/h5-17,19-24H,1-4H3;5-7,13-18,21-22H,9-12H2,1-4H3;4-8,10-14H,1-3H3;2-4,6-10H,1H3;;;;/q4*-1;;;;. The molecule has 13 aromatic carbocycles. The molecule has 4 radical (unpaired) electrons. The SMILES string of the molecule is Cc1cc2c3ccc[c-]c3c3ncc(-c4c(-c5ccccc5)cc(C(C)C)cc4-c4ccccc4)n3c2cc1C.Cc1cc2c3ccc[c-]c3c3ncc(-c4c(C5CC5)cc(C(C)C)cc4C4CC4)n3c2cc1C.Cc1cc[c-]c2c1c1ccccc1n1c3cc(C(C)C)ccc3nc21.Cc1ccc2c3ccc[c-]c3c3nccn3c2c1.[Ir].[Ir].[Ir].[Ir]. The molecule has 0 spiro atoms. The van der Waals surface area contributed by atoms with Gasteiger partial charge in [-0.1, -0.05) is 209 Å². The predicted molar refractivity (Wildman–Crippen MR) is 490 cm³/mol. The molecular formula is C109H92Ir4N8-4. The van der Waals surface area contributed by atoms with E-state index in [9.17, 15) is 0 Å². The maximum Gasteiger partial charge on any atom is 0.0774 e. The molecule has 8 heterocycles.